The van der Waals surface area contributed by atoms with E-state index in [1.807, 2.05) is 0 Å². The van der Waals surface area contributed by atoms with E-state index in [1.54, 1.807) is 0 Å². The highest BCUT2D eigenvalue weighted by molar-refractivity contribution is 5.29. The van der Waals surface area contributed by atoms with Crippen LogP contribution in [0, 0.1) is 17.8 Å². The number of aliphatic hydroxyl groups is 5. The molecule has 118 valence electrons. The van der Waals surface area contributed by atoms with Crippen LogP contribution in [0.2, 0.25) is 0 Å². The Hall–Kier alpha value is -0.760. The Morgan fingerprint density at radius 3 is 2.52 bits per heavy atom. The zero-order chi connectivity index (χ0) is 15.5. The van der Waals surface area contributed by atoms with Crippen LogP contribution in [0.4, 0.5) is 0 Å². The topological polar surface area (TPSA) is 110 Å². The Morgan fingerprint density at radius 2 is 1.90 bits per heavy atom. The molecule has 8 unspecified atom stereocenters. The van der Waals surface area contributed by atoms with Crippen molar-refractivity contribution in [3.05, 3.63) is 24.3 Å². The third-order valence-corrected chi connectivity index (χ3v) is 5.43. The van der Waals surface area contributed by atoms with E-state index in [9.17, 15) is 25.5 Å². The van der Waals surface area contributed by atoms with E-state index >= 15 is 0 Å². The Morgan fingerprint density at radius 1 is 1.24 bits per heavy atom. The standard InChI is InChI=1S/C15H22O6/c1-6-3-10(18)12-13(21-14(19)15(12,20)5-16)11-7(2)9(17)4-8(6)11/h8-14,16-20H,1-5H2. The Bertz CT molecular complexity index is 477. The van der Waals surface area contributed by atoms with E-state index in [4.69, 9.17) is 4.74 Å². The highest BCUT2D eigenvalue weighted by Crippen LogP contribution is 2.54. The van der Waals surface area contributed by atoms with Crippen molar-refractivity contribution in [1.82, 2.24) is 0 Å². The monoisotopic (exact) mass is 298 g/mol. The van der Waals surface area contributed by atoms with Crippen LogP contribution in [0.25, 0.3) is 0 Å². The van der Waals surface area contributed by atoms with Crippen molar-refractivity contribution >= 4 is 0 Å². The molecular weight excluding hydrogens is 276 g/mol. The maximum absolute atomic E-state index is 10.5. The van der Waals surface area contributed by atoms with Crippen molar-refractivity contribution in [2.45, 2.75) is 43.0 Å². The highest BCUT2D eigenvalue weighted by atomic mass is 16.6. The molecule has 1 heterocycles. The third-order valence-electron chi connectivity index (χ3n) is 5.43. The highest BCUT2D eigenvalue weighted by Gasteiger charge is 2.63. The fraction of sp³-hybridized carbons (Fsp3) is 0.733. The van der Waals surface area contributed by atoms with E-state index in [0.29, 0.717) is 12.0 Å². The van der Waals surface area contributed by atoms with Gasteiger partial charge in [-0.15, -0.1) is 0 Å². The lowest BCUT2D eigenvalue weighted by molar-refractivity contribution is -0.191. The van der Waals surface area contributed by atoms with Crippen molar-refractivity contribution < 1.29 is 30.3 Å². The first-order valence-electron chi connectivity index (χ1n) is 7.20. The normalized spacial score (nSPS) is 53.5. The Labute approximate surface area is 123 Å². The molecule has 0 spiro atoms. The molecule has 0 aromatic carbocycles. The second kappa shape index (κ2) is 4.87. The van der Waals surface area contributed by atoms with Crippen LogP contribution in [0.5, 0.6) is 0 Å². The number of ether oxygens (including phenoxy) is 1. The van der Waals surface area contributed by atoms with Gasteiger partial charge < -0.3 is 30.3 Å². The lowest BCUT2D eigenvalue weighted by atomic mass is 9.76. The molecule has 3 aliphatic rings. The summed E-state index contributed by atoms with van der Waals surface area (Å²) in [5, 5.41) is 50.4. The second-order valence-corrected chi connectivity index (χ2v) is 6.52. The van der Waals surface area contributed by atoms with Crippen LogP contribution in [0.3, 0.4) is 0 Å². The number of hydrogen-bond acceptors (Lipinski definition) is 6. The summed E-state index contributed by atoms with van der Waals surface area (Å²) in [6.45, 7) is 7.17. The molecule has 8 atom stereocenters. The maximum atomic E-state index is 10.5. The maximum Gasteiger partial charge on any atom is 0.186 e. The first kappa shape index (κ1) is 15.1. The van der Waals surface area contributed by atoms with Crippen molar-refractivity contribution in [3.63, 3.8) is 0 Å². The van der Waals surface area contributed by atoms with Gasteiger partial charge in [0.05, 0.1) is 24.9 Å². The van der Waals surface area contributed by atoms with Crippen molar-refractivity contribution in [3.8, 4) is 0 Å². The van der Waals surface area contributed by atoms with Gasteiger partial charge in [-0.3, -0.25) is 0 Å². The molecule has 0 radical (unpaired) electrons. The zero-order valence-electron chi connectivity index (χ0n) is 11.7. The molecule has 1 saturated heterocycles. The molecule has 1 aliphatic heterocycles. The van der Waals surface area contributed by atoms with Crippen molar-refractivity contribution in [2.75, 3.05) is 6.61 Å². The van der Waals surface area contributed by atoms with E-state index < -0.39 is 42.7 Å². The first-order valence-corrected chi connectivity index (χ1v) is 7.20. The van der Waals surface area contributed by atoms with E-state index in [1.165, 1.54) is 0 Å². The summed E-state index contributed by atoms with van der Waals surface area (Å²) < 4.78 is 5.48. The Kier molecular flexibility index (Phi) is 3.52. The molecule has 2 aliphatic carbocycles. The zero-order valence-corrected chi connectivity index (χ0v) is 11.7. The molecule has 6 heteroatoms. The molecule has 3 rings (SSSR count). The van der Waals surface area contributed by atoms with Gasteiger partial charge in [0, 0.05) is 11.8 Å². The summed E-state index contributed by atoms with van der Waals surface area (Å²) >= 11 is 0. The van der Waals surface area contributed by atoms with Crippen LogP contribution >= 0.6 is 0 Å². The predicted molar refractivity (Wildman–Crippen MR) is 72.9 cm³/mol. The molecule has 3 fully saturated rings. The third kappa shape index (κ3) is 1.94. The van der Waals surface area contributed by atoms with Gasteiger partial charge in [0.1, 0.15) is 5.60 Å². The fourth-order valence-corrected chi connectivity index (χ4v) is 4.27. The van der Waals surface area contributed by atoms with Crippen LogP contribution in [-0.4, -0.2) is 62.3 Å². The minimum absolute atomic E-state index is 0.106. The van der Waals surface area contributed by atoms with Gasteiger partial charge >= 0.3 is 0 Å². The average Bonchev–Trinajstić information content (AvgIpc) is 2.82. The molecule has 6 nitrogen and oxygen atoms in total. The number of fused-ring (bicyclic) bond motifs is 3. The molecular formula is C15H22O6. The molecule has 0 aromatic rings. The summed E-state index contributed by atoms with van der Waals surface area (Å²) in [5.41, 5.74) is -0.579. The molecule has 21 heavy (non-hydrogen) atoms. The van der Waals surface area contributed by atoms with E-state index in [0.717, 1.165) is 5.57 Å². The Balaban J connectivity index is 2.05. The van der Waals surface area contributed by atoms with Crippen LogP contribution in [0.15, 0.2) is 24.3 Å². The quantitative estimate of drug-likeness (QED) is 0.394. The predicted octanol–water partition coefficient (Wildman–Crippen LogP) is -1.08. The van der Waals surface area contributed by atoms with Crippen molar-refractivity contribution in [2.24, 2.45) is 17.8 Å². The van der Waals surface area contributed by atoms with Crippen LogP contribution < -0.4 is 0 Å². The van der Waals surface area contributed by atoms with Crippen LogP contribution in [-0.2, 0) is 4.74 Å². The first-order chi connectivity index (χ1) is 9.81. The van der Waals surface area contributed by atoms with Crippen molar-refractivity contribution in [1.29, 1.82) is 0 Å². The van der Waals surface area contributed by atoms with E-state index in [2.05, 4.69) is 13.2 Å². The summed E-state index contributed by atoms with van der Waals surface area (Å²) in [5.74, 6) is -1.29. The lowest BCUT2D eigenvalue weighted by Crippen LogP contribution is -2.52. The van der Waals surface area contributed by atoms with Gasteiger partial charge in [-0.05, 0) is 24.3 Å². The molecule has 0 aromatic heterocycles. The van der Waals surface area contributed by atoms with Gasteiger partial charge in [-0.2, -0.15) is 0 Å². The summed E-state index contributed by atoms with van der Waals surface area (Å²) in [7, 11) is 0. The number of aliphatic hydroxyl groups excluding tert-OH is 4. The fourth-order valence-electron chi connectivity index (χ4n) is 4.27. The largest absolute Gasteiger partial charge is 0.393 e. The van der Waals surface area contributed by atoms with E-state index in [-0.39, 0.29) is 18.3 Å². The van der Waals surface area contributed by atoms with Gasteiger partial charge in [0.15, 0.2) is 6.29 Å². The van der Waals surface area contributed by atoms with Crippen LogP contribution in [0.1, 0.15) is 12.8 Å². The SMILES string of the molecule is C=C1CC(O)C2C(OC(O)C2(O)CO)C2C(=C)C(O)CC12. The minimum Gasteiger partial charge on any atom is -0.393 e. The number of hydrogen-bond donors (Lipinski definition) is 5. The van der Waals surface area contributed by atoms with Gasteiger partial charge in [0.25, 0.3) is 0 Å². The van der Waals surface area contributed by atoms with Gasteiger partial charge in [-0.1, -0.05) is 18.7 Å². The molecule has 5 N–H and O–H groups in total. The minimum atomic E-state index is -1.92. The number of rotatable bonds is 1. The molecule has 0 amide bonds. The lowest BCUT2D eigenvalue weighted by Gasteiger charge is -2.33. The van der Waals surface area contributed by atoms with Gasteiger partial charge in [0.2, 0.25) is 0 Å². The molecule has 2 saturated carbocycles. The summed E-state index contributed by atoms with van der Waals surface area (Å²) in [4.78, 5) is 0. The van der Waals surface area contributed by atoms with Gasteiger partial charge in [-0.25, -0.2) is 0 Å². The summed E-state index contributed by atoms with van der Waals surface area (Å²) in [6, 6.07) is 0. The second-order valence-electron chi connectivity index (χ2n) is 6.52. The molecule has 0 bridgehead atoms. The smallest absolute Gasteiger partial charge is 0.186 e. The average molecular weight is 298 g/mol. The summed E-state index contributed by atoms with van der Waals surface area (Å²) in [6.07, 6.45) is -3.26.